The third kappa shape index (κ3) is 2.96. The van der Waals surface area contributed by atoms with Gasteiger partial charge in [0.05, 0.1) is 24.4 Å². The molecule has 8 heteroatoms. The van der Waals surface area contributed by atoms with Crippen LogP contribution in [0.15, 0.2) is 6.20 Å². The maximum atomic E-state index is 13.1. The Morgan fingerprint density at radius 3 is 2.50 bits per heavy atom. The summed E-state index contributed by atoms with van der Waals surface area (Å²) in [5.74, 6) is -2.79. The second-order valence-electron chi connectivity index (χ2n) is 2.70. The van der Waals surface area contributed by atoms with Crippen LogP contribution in [0.1, 0.15) is 11.3 Å². The molecule has 0 spiro atoms. The zero-order chi connectivity index (χ0) is 12.3. The molecule has 0 bridgehead atoms. The molecule has 1 aromatic rings. The molecular weight excluding hydrogens is 254 g/mol. The highest BCUT2D eigenvalue weighted by Gasteiger charge is 2.34. The van der Waals surface area contributed by atoms with Gasteiger partial charge < -0.3 is 9.84 Å². The van der Waals surface area contributed by atoms with Crippen molar-refractivity contribution in [3.63, 3.8) is 0 Å². The van der Waals surface area contributed by atoms with Crippen LogP contribution in [0.5, 0.6) is 5.75 Å². The zero-order valence-electron chi connectivity index (χ0n) is 7.68. The van der Waals surface area contributed by atoms with Crippen molar-refractivity contribution in [2.75, 3.05) is 0 Å². The zero-order valence-corrected chi connectivity index (χ0v) is 8.44. The average molecular weight is 260 g/mol. The normalized spacial score (nSPS) is 11.6. The second-order valence-corrected chi connectivity index (χ2v) is 2.97. The number of aliphatic hydroxyl groups is 1. The van der Waals surface area contributed by atoms with Crippen LogP contribution in [0.2, 0.25) is 0 Å². The predicted octanol–water partition coefficient (Wildman–Crippen LogP) is 2.35. The number of pyridine rings is 1. The van der Waals surface area contributed by atoms with E-state index >= 15 is 0 Å². The standard InChI is InChI=1S/C8H6ClF4NO2/c9-1-4-6(3-15)14-2-5(10)7(4)16-8(11,12)13/h2,15H,1,3H2. The molecule has 0 aliphatic rings. The van der Waals surface area contributed by atoms with Crippen LogP contribution in [-0.2, 0) is 12.5 Å². The number of halogens is 5. The monoisotopic (exact) mass is 259 g/mol. The molecule has 0 unspecified atom stereocenters. The molecule has 0 radical (unpaired) electrons. The van der Waals surface area contributed by atoms with Crippen LogP contribution in [0.4, 0.5) is 17.6 Å². The van der Waals surface area contributed by atoms with Gasteiger partial charge in [0.2, 0.25) is 0 Å². The van der Waals surface area contributed by atoms with Gasteiger partial charge in [0.1, 0.15) is 0 Å². The SMILES string of the molecule is OCc1ncc(F)c(OC(F)(F)F)c1CCl. The van der Waals surface area contributed by atoms with Crippen molar-refractivity contribution < 1.29 is 27.4 Å². The minimum absolute atomic E-state index is 0.157. The molecule has 90 valence electrons. The number of aromatic nitrogens is 1. The van der Waals surface area contributed by atoms with Crippen molar-refractivity contribution in [1.29, 1.82) is 0 Å². The van der Waals surface area contributed by atoms with Gasteiger partial charge in [0.15, 0.2) is 11.6 Å². The number of ether oxygens (including phenoxy) is 1. The van der Waals surface area contributed by atoms with E-state index in [4.69, 9.17) is 16.7 Å². The second kappa shape index (κ2) is 4.84. The largest absolute Gasteiger partial charge is 0.573 e. The van der Waals surface area contributed by atoms with Crippen LogP contribution in [0, 0.1) is 5.82 Å². The van der Waals surface area contributed by atoms with Gasteiger partial charge >= 0.3 is 6.36 Å². The Morgan fingerprint density at radius 2 is 2.06 bits per heavy atom. The molecule has 0 saturated heterocycles. The number of nitrogens with zero attached hydrogens (tertiary/aromatic N) is 1. The van der Waals surface area contributed by atoms with Gasteiger partial charge in [-0.15, -0.1) is 24.8 Å². The molecule has 1 rings (SSSR count). The Morgan fingerprint density at radius 1 is 1.44 bits per heavy atom. The van der Waals surface area contributed by atoms with E-state index < -0.39 is 30.4 Å². The summed E-state index contributed by atoms with van der Waals surface area (Å²) in [6, 6.07) is 0. The summed E-state index contributed by atoms with van der Waals surface area (Å²) in [5, 5.41) is 8.78. The fraction of sp³-hybridized carbons (Fsp3) is 0.375. The van der Waals surface area contributed by atoms with Gasteiger partial charge in [-0.1, -0.05) is 0 Å². The van der Waals surface area contributed by atoms with Crippen LogP contribution in [0.25, 0.3) is 0 Å². The first-order valence-electron chi connectivity index (χ1n) is 3.98. The minimum atomic E-state index is -5.03. The first-order chi connectivity index (χ1) is 7.39. The highest BCUT2D eigenvalue weighted by atomic mass is 35.5. The molecule has 1 aromatic heterocycles. The molecule has 0 fully saturated rings. The Balaban J connectivity index is 3.23. The highest BCUT2D eigenvalue weighted by molar-refractivity contribution is 6.17. The van der Waals surface area contributed by atoms with Crippen molar-refractivity contribution in [2.24, 2.45) is 0 Å². The Hall–Kier alpha value is -1.08. The lowest BCUT2D eigenvalue weighted by molar-refractivity contribution is -0.275. The van der Waals surface area contributed by atoms with E-state index in [0.29, 0.717) is 6.20 Å². The maximum absolute atomic E-state index is 13.1. The lowest BCUT2D eigenvalue weighted by Gasteiger charge is -2.14. The van der Waals surface area contributed by atoms with Crippen LogP contribution in [0.3, 0.4) is 0 Å². The quantitative estimate of drug-likeness (QED) is 0.669. The van der Waals surface area contributed by atoms with E-state index in [9.17, 15) is 17.6 Å². The van der Waals surface area contributed by atoms with E-state index in [-0.39, 0.29) is 11.3 Å². The molecule has 0 saturated carbocycles. The lowest BCUT2D eigenvalue weighted by Crippen LogP contribution is -2.20. The van der Waals surface area contributed by atoms with Gasteiger partial charge in [-0.3, -0.25) is 4.98 Å². The molecule has 0 amide bonds. The van der Waals surface area contributed by atoms with Gasteiger partial charge in [0.25, 0.3) is 0 Å². The fourth-order valence-corrected chi connectivity index (χ4v) is 1.32. The number of hydrogen-bond acceptors (Lipinski definition) is 3. The van der Waals surface area contributed by atoms with E-state index in [1.54, 1.807) is 0 Å². The summed E-state index contributed by atoms with van der Waals surface area (Å²) in [6.45, 7) is -0.656. The van der Waals surface area contributed by atoms with Crippen molar-refractivity contribution in [3.8, 4) is 5.75 Å². The third-order valence-electron chi connectivity index (χ3n) is 1.67. The smallest absolute Gasteiger partial charge is 0.402 e. The van der Waals surface area contributed by atoms with Gasteiger partial charge in [0, 0.05) is 5.56 Å². The maximum Gasteiger partial charge on any atom is 0.573 e. The van der Waals surface area contributed by atoms with Crippen molar-refractivity contribution in [2.45, 2.75) is 18.8 Å². The van der Waals surface area contributed by atoms with E-state index in [1.807, 2.05) is 0 Å². The number of alkyl halides is 4. The molecule has 0 atom stereocenters. The topological polar surface area (TPSA) is 42.4 Å². The van der Waals surface area contributed by atoms with E-state index in [0.717, 1.165) is 0 Å². The third-order valence-corrected chi connectivity index (χ3v) is 1.94. The predicted molar refractivity (Wildman–Crippen MR) is 46.4 cm³/mol. The first-order valence-corrected chi connectivity index (χ1v) is 4.51. The number of aliphatic hydroxyl groups excluding tert-OH is 1. The molecule has 16 heavy (non-hydrogen) atoms. The molecule has 0 aromatic carbocycles. The molecule has 3 nitrogen and oxygen atoms in total. The summed E-state index contributed by atoms with van der Waals surface area (Å²) in [4.78, 5) is 3.40. The summed E-state index contributed by atoms with van der Waals surface area (Å²) >= 11 is 5.35. The van der Waals surface area contributed by atoms with Gasteiger partial charge in [-0.25, -0.2) is 4.39 Å². The van der Waals surface area contributed by atoms with E-state index in [2.05, 4.69) is 9.72 Å². The van der Waals surface area contributed by atoms with Crippen LogP contribution in [-0.4, -0.2) is 16.5 Å². The van der Waals surface area contributed by atoms with Crippen LogP contribution < -0.4 is 4.74 Å². The molecule has 0 aliphatic carbocycles. The molecule has 1 N–H and O–H groups in total. The van der Waals surface area contributed by atoms with Crippen molar-refractivity contribution >= 4 is 11.6 Å². The highest BCUT2D eigenvalue weighted by Crippen LogP contribution is 2.31. The van der Waals surface area contributed by atoms with Crippen molar-refractivity contribution in [3.05, 3.63) is 23.3 Å². The average Bonchev–Trinajstić information content (AvgIpc) is 2.19. The Labute approximate surface area is 92.6 Å². The lowest BCUT2D eigenvalue weighted by atomic mass is 10.2. The summed E-state index contributed by atoms with van der Waals surface area (Å²) in [6.07, 6.45) is -4.50. The fourth-order valence-electron chi connectivity index (χ4n) is 1.05. The Kier molecular flexibility index (Phi) is 3.93. The summed E-state index contributed by atoms with van der Waals surface area (Å²) < 4.78 is 52.4. The van der Waals surface area contributed by atoms with Crippen molar-refractivity contribution in [1.82, 2.24) is 4.98 Å². The first kappa shape index (κ1) is 13.0. The number of rotatable bonds is 3. The summed E-state index contributed by atoms with van der Waals surface area (Å²) in [5.41, 5.74) is -0.475. The number of hydrogen-bond donors (Lipinski definition) is 1. The summed E-state index contributed by atoms with van der Waals surface area (Å²) in [7, 11) is 0. The van der Waals surface area contributed by atoms with Crippen LogP contribution >= 0.6 is 11.6 Å². The van der Waals surface area contributed by atoms with Gasteiger partial charge in [-0.2, -0.15) is 0 Å². The minimum Gasteiger partial charge on any atom is -0.402 e. The van der Waals surface area contributed by atoms with Gasteiger partial charge in [-0.05, 0) is 0 Å². The van der Waals surface area contributed by atoms with E-state index in [1.165, 1.54) is 0 Å². The Bertz CT molecular complexity index is 383. The molecular formula is C8H6ClF4NO2. The molecule has 0 aliphatic heterocycles. The molecule has 1 heterocycles.